The summed E-state index contributed by atoms with van der Waals surface area (Å²) >= 11 is 0. The van der Waals surface area contributed by atoms with Crippen molar-refractivity contribution >= 4 is 17.1 Å². The molecule has 2 nitrogen and oxygen atoms in total. The molecule has 0 atom stereocenters. The lowest BCUT2D eigenvalue weighted by atomic mass is 10.0. The van der Waals surface area contributed by atoms with Crippen molar-refractivity contribution in [2.75, 3.05) is 5.73 Å². The molecule has 2 N–H and O–H groups in total. The summed E-state index contributed by atoms with van der Waals surface area (Å²) in [4.78, 5) is 4.67. The smallest absolute Gasteiger partial charge is 0.0670 e. The van der Waals surface area contributed by atoms with Gasteiger partial charge in [-0.15, -0.1) is 0 Å². The second-order valence-electron chi connectivity index (χ2n) is 4.49. The molecule has 84 valence electrons. The highest BCUT2D eigenvalue weighted by Crippen LogP contribution is 2.30. The fourth-order valence-corrected chi connectivity index (χ4v) is 2.21. The molecule has 2 aromatic rings. The number of anilines is 1. The minimum Gasteiger partial charge on any atom is -0.399 e. The molecule has 1 aliphatic rings. The maximum atomic E-state index is 5.79. The number of rotatable bonds is 1. The zero-order valence-corrected chi connectivity index (χ0v) is 9.77. The number of aryl methyl sites for hydroxylation is 1. The van der Waals surface area contributed by atoms with Crippen LogP contribution in [-0.4, -0.2) is 5.71 Å². The van der Waals surface area contributed by atoms with E-state index in [1.54, 1.807) is 0 Å². The van der Waals surface area contributed by atoms with Gasteiger partial charge in [-0.25, -0.2) is 0 Å². The first-order chi connectivity index (χ1) is 8.22. The molecule has 0 amide bonds. The van der Waals surface area contributed by atoms with E-state index in [2.05, 4.69) is 36.2 Å². The summed E-state index contributed by atoms with van der Waals surface area (Å²) in [7, 11) is 0. The Bertz CT molecular complexity index is 612. The first-order valence-corrected chi connectivity index (χ1v) is 5.75. The lowest BCUT2D eigenvalue weighted by Crippen LogP contribution is -2.00. The quantitative estimate of drug-likeness (QED) is 0.739. The van der Waals surface area contributed by atoms with Crippen LogP contribution in [0.25, 0.3) is 0 Å². The van der Waals surface area contributed by atoms with Gasteiger partial charge in [-0.2, -0.15) is 0 Å². The Morgan fingerprint density at radius 2 is 2.00 bits per heavy atom. The molecule has 0 spiro atoms. The molecule has 0 aromatic heterocycles. The maximum absolute atomic E-state index is 5.79. The molecular formula is C15H14N2. The van der Waals surface area contributed by atoms with Gasteiger partial charge >= 0.3 is 0 Å². The third-order valence-corrected chi connectivity index (χ3v) is 3.07. The van der Waals surface area contributed by atoms with E-state index in [-0.39, 0.29) is 0 Å². The number of nitrogens with two attached hydrogens (primary N) is 1. The van der Waals surface area contributed by atoms with Crippen molar-refractivity contribution in [3.05, 3.63) is 59.2 Å². The third kappa shape index (κ3) is 1.82. The standard InChI is InChI=1S/C15H14N2/c1-10-3-2-4-11(7-10)15-9-12-8-13(16)5-6-14(12)17-15/h2-8H,9,16H2,1H3. The van der Waals surface area contributed by atoms with Gasteiger partial charge in [0.05, 0.1) is 11.4 Å². The number of fused-ring (bicyclic) bond motifs is 1. The van der Waals surface area contributed by atoms with E-state index >= 15 is 0 Å². The Kier molecular flexibility index (Phi) is 2.22. The summed E-state index contributed by atoms with van der Waals surface area (Å²) in [6.07, 6.45) is 0.879. The number of nitrogens with zero attached hydrogens (tertiary/aromatic N) is 1. The molecule has 1 aliphatic heterocycles. The third-order valence-electron chi connectivity index (χ3n) is 3.07. The van der Waals surface area contributed by atoms with E-state index < -0.39 is 0 Å². The summed E-state index contributed by atoms with van der Waals surface area (Å²) < 4.78 is 0. The zero-order chi connectivity index (χ0) is 11.8. The van der Waals surface area contributed by atoms with E-state index in [1.807, 2.05) is 18.2 Å². The lowest BCUT2D eigenvalue weighted by molar-refractivity contribution is 1.38. The first kappa shape index (κ1) is 10.1. The Morgan fingerprint density at radius 1 is 1.12 bits per heavy atom. The Hall–Kier alpha value is -2.09. The van der Waals surface area contributed by atoms with Crippen molar-refractivity contribution < 1.29 is 0 Å². The van der Waals surface area contributed by atoms with Crippen molar-refractivity contribution in [1.29, 1.82) is 0 Å². The maximum Gasteiger partial charge on any atom is 0.0670 e. The summed E-state index contributed by atoms with van der Waals surface area (Å²) in [5.41, 5.74) is 12.5. The Labute approximate surface area is 101 Å². The minimum absolute atomic E-state index is 0.810. The van der Waals surface area contributed by atoms with Crippen LogP contribution >= 0.6 is 0 Å². The Balaban J connectivity index is 2.00. The molecule has 0 aliphatic carbocycles. The van der Waals surface area contributed by atoms with Gasteiger partial charge in [-0.05, 0) is 36.2 Å². The molecule has 2 aromatic carbocycles. The predicted octanol–water partition coefficient (Wildman–Crippen LogP) is 3.25. The average molecular weight is 222 g/mol. The normalized spacial score (nSPS) is 13.4. The van der Waals surface area contributed by atoms with Crippen molar-refractivity contribution in [2.24, 2.45) is 4.99 Å². The van der Waals surface area contributed by atoms with E-state index in [0.29, 0.717) is 0 Å². The summed E-state index contributed by atoms with van der Waals surface area (Å²) in [6, 6.07) is 14.4. The highest BCUT2D eigenvalue weighted by Gasteiger charge is 2.15. The van der Waals surface area contributed by atoms with Gasteiger partial charge in [0.2, 0.25) is 0 Å². The van der Waals surface area contributed by atoms with Crippen LogP contribution in [0.3, 0.4) is 0 Å². The fourth-order valence-electron chi connectivity index (χ4n) is 2.21. The van der Waals surface area contributed by atoms with Crippen molar-refractivity contribution in [1.82, 2.24) is 0 Å². The van der Waals surface area contributed by atoms with Crippen LogP contribution in [-0.2, 0) is 6.42 Å². The number of hydrogen-bond acceptors (Lipinski definition) is 2. The van der Waals surface area contributed by atoms with Crippen LogP contribution in [0.15, 0.2) is 47.5 Å². The van der Waals surface area contributed by atoms with Gasteiger partial charge in [0.25, 0.3) is 0 Å². The molecule has 2 heteroatoms. The van der Waals surface area contributed by atoms with Crippen LogP contribution in [0.5, 0.6) is 0 Å². The highest BCUT2D eigenvalue weighted by atomic mass is 14.8. The number of aliphatic imine (C=N–C) groups is 1. The monoisotopic (exact) mass is 222 g/mol. The number of benzene rings is 2. The second-order valence-corrected chi connectivity index (χ2v) is 4.49. The van der Waals surface area contributed by atoms with Gasteiger partial charge in [0, 0.05) is 12.1 Å². The summed E-state index contributed by atoms with van der Waals surface area (Å²) in [6.45, 7) is 2.10. The molecule has 0 radical (unpaired) electrons. The van der Waals surface area contributed by atoms with Crippen LogP contribution in [0.4, 0.5) is 11.4 Å². The molecule has 1 heterocycles. The van der Waals surface area contributed by atoms with Gasteiger partial charge in [0.1, 0.15) is 0 Å². The van der Waals surface area contributed by atoms with Crippen molar-refractivity contribution in [3.8, 4) is 0 Å². The largest absolute Gasteiger partial charge is 0.399 e. The van der Waals surface area contributed by atoms with E-state index in [4.69, 9.17) is 5.73 Å². The number of hydrogen-bond donors (Lipinski definition) is 1. The van der Waals surface area contributed by atoms with Crippen LogP contribution in [0, 0.1) is 6.92 Å². The topological polar surface area (TPSA) is 38.4 Å². The molecule has 0 fully saturated rings. The zero-order valence-electron chi connectivity index (χ0n) is 9.77. The SMILES string of the molecule is Cc1cccc(C2=Nc3ccc(N)cc3C2)c1. The van der Waals surface area contributed by atoms with Crippen molar-refractivity contribution in [3.63, 3.8) is 0 Å². The van der Waals surface area contributed by atoms with Gasteiger partial charge < -0.3 is 5.73 Å². The molecular weight excluding hydrogens is 208 g/mol. The lowest BCUT2D eigenvalue weighted by Gasteiger charge is -2.01. The average Bonchev–Trinajstić information content (AvgIpc) is 2.72. The molecule has 17 heavy (non-hydrogen) atoms. The van der Waals surface area contributed by atoms with Crippen LogP contribution in [0.2, 0.25) is 0 Å². The van der Waals surface area contributed by atoms with Crippen molar-refractivity contribution in [2.45, 2.75) is 13.3 Å². The number of nitrogen functional groups attached to an aromatic ring is 1. The first-order valence-electron chi connectivity index (χ1n) is 5.75. The molecule has 3 rings (SSSR count). The summed E-state index contributed by atoms with van der Waals surface area (Å²) in [5.74, 6) is 0. The van der Waals surface area contributed by atoms with E-state index in [9.17, 15) is 0 Å². The predicted molar refractivity (Wildman–Crippen MR) is 71.9 cm³/mol. The minimum atomic E-state index is 0.810. The fraction of sp³-hybridized carbons (Fsp3) is 0.133. The molecule has 0 saturated heterocycles. The van der Waals surface area contributed by atoms with E-state index in [1.165, 1.54) is 16.7 Å². The second kappa shape index (κ2) is 3.74. The van der Waals surface area contributed by atoms with E-state index in [0.717, 1.165) is 23.5 Å². The summed E-state index contributed by atoms with van der Waals surface area (Å²) in [5, 5.41) is 0. The van der Waals surface area contributed by atoms with Gasteiger partial charge in [0.15, 0.2) is 0 Å². The van der Waals surface area contributed by atoms with Gasteiger partial charge in [-0.1, -0.05) is 29.8 Å². The Morgan fingerprint density at radius 3 is 2.82 bits per heavy atom. The van der Waals surface area contributed by atoms with Crippen LogP contribution < -0.4 is 5.73 Å². The highest BCUT2D eigenvalue weighted by molar-refractivity contribution is 6.06. The molecule has 0 unspecified atom stereocenters. The molecule has 0 bridgehead atoms. The van der Waals surface area contributed by atoms with Gasteiger partial charge in [-0.3, -0.25) is 4.99 Å². The van der Waals surface area contributed by atoms with Crippen LogP contribution in [0.1, 0.15) is 16.7 Å². The molecule has 0 saturated carbocycles.